The van der Waals surface area contributed by atoms with Crippen molar-refractivity contribution >= 4 is 17.2 Å². The van der Waals surface area contributed by atoms with E-state index in [0.29, 0.717) is 6.54 Å². The first-order valence-electron chi connectivity index (χ1n) is 7.88. The van der Waals surface area contributed by atoms with Crippen LogP contribution in [0.5, 0.6) is 0 Å². The number of amides is 1. The number of carbonyl (C=O) groups is 1. The molecule has 1 aromatic rings. The van der Waals surface area contributed by atoms with Crippen LogP contribution in [0.1, 0.15) is 53.8 Å². The Hall–Kier alpha value is -0.870. The molecule has 1 fully saturated rings. The highest BCUT2D eigenvalue weighted by Crippen LogP contribution is 2.30. The number of aryl methyl sites for hydroxylation is 2. The van der Waals surface area contributed by atoms with Crippen LogP contribution in [0, 0.1) is 5.92 Å². The van der Waals surface area contributed by atoms with E-state index >= 15 is 0 Å². The van der Waals surface area contributed by atoms with Crippen LogP contribution in [0.25, 0.3) is 0 Å². The van der Waals surface area contributed by atoms with Crippen molar-refractivity contribution in [2.24, 2.45) is 11.7 Å². The molecular weight excluding hydrogens is 268 g/mol. The van der Waals surface area contributed by atoms with Gasteiger partial charge in [-0.25, -0.2) is 0 Å². The first-order chi connectivity index (χ1) is 9.74. The van der Waals surface area contributed by atoms with Crippen molar-refractivity contribution in [2.75, 3.05) is 0 Å². The number of nitrogens with two attached hydrogens (primary N) is 1. The summed E-state index contributed by atoms with van der Waals surface area (Å²) in [6.07, 6.45) is 9.20. The van der Waals surface area contributed by atoms with E-state index in [1.54, 1.807) is 0 Å². The molecule has 3 nitrogen and oxygen atoms in total. The van der Waals surface area contributed by atoms with Crippen molar-refractivity contribution in [1.82, 2.24) is 5.32 Å². The number of hydrogen-bond donors (Lipinski definition) is 2. The number of thiophene rings is 1. The number of nitrogens with one attached hydrogen (secondary N) is 1. The van der Waals surface area contributed by atoms with Gasteiger partial charge < -0.3 is 11.1 Å². The molecule has 0 saturated heterocycles. The molecule has 2 unspecified atom stereocenters. The maximum atomic E-state index is 12.3. The summed E-state index contributed by atoms with van der Waals surface area (Å²) >= 11 is 1.87. The molecular formula is C16H24N2OS. The van der Waals surface area contributed by atoms with E-state index in [4.69, 9.17) is 5.73 Å². The van der Waals surface area contributed by atoms with Crippen molar-refractivity contribution in [3.63, 3.8) is 0 Å². The van der Waals surface area contributed by atoms with Crippen LogP contribution in [0.15, 0.2) is 6.07 Å². The van der Waals surface area contributed by atoms with Crippen LogP contribution in [0.4, 0.5) is 0 Å². The first kappa shape index (κ1) is 14.1. The summed E-state index contributed by atoms with van der Waals surface area (Å²) in [5.74, 6) is 0.178. The van der Waals surface area contributed by atoms with E-state index in [2.05, 4.69) is 11.4 Å². The van der Waals surface area contributed by atoms with Crippen LogP contribution in [0.2, 0.25) is 0 Å². The second-order valence-electron chi connectivity index (χ2n) is 6.14. The van der Waals surface area contributed by atoms with Gasteiger partial charge in [-0.1, -0.05) is 19.3 Å². The molecule has 0 radical (unpaired) electrons. The average Bonchev–Trinajstić information content (AvgIpc) is 2.94. The molecule has 0 aromatic carbocycles. The van der Waals surface area contributed by atoms with Crippen LogP contribution >= 0.6 is 11.3 Å². The average molecular weight is 292 g/mol. The quantitative estimate of drug-likeness (QED) is 0.842. The molecule has 2 atom stereocenters. The van der Waals surface area contributed by atoms with Crippen LogP contribution < -0.4 is 11.1 Å². The summed E-state index contributed by atoms with van der Waals surface area (Å²) in [6, 6.07) is 2.33. The zero-order valence-electron chi connectivity index (χ0n) is 12.0. The molecule has 1 saturated carbocycles. The summed E-state index contributed by atoms with van der Waals surface area (Å²) < 4.78 is 0. The second kappa shape index (κ2) is 6.27. The minimum absolute atomic E-state index is 0.0179. The molecule has 1 aromatic heterocycles. The van der Waals surface area contributed by atoms with Gasteiger partial charge in [0.25, 0.3) is 0 Å². The molecule has 3 N–H and O–H groups in total. The van der Waals surface area contributed by atoms with Gasteiger partial charge in [-0.05, 0) is 43.7 Å². The third-order valence-corrected chi connectivity index (χ3v) is 5.88. The fourth-order valence-electron chi connectivity index (χ4n) is 3.44. The summed E-state index contributed by atoms with van der Waals surface area (Å²) in [6.45, 7) is 0.680. The third kappa shape index (κ3) is 3.07. The van der Waals surface area contributed by atoms with E-state index in [0.717, 1.165) is 19.3 Å². The smallest absolute Gasteiger partial charge is 0.224 e. The van der Waals surface area contributed by atoms with Crippen LogP contribution in [-0.2, 0) is 24.2 Å². The zero-order chi connectivity index (χ0) is 13.9. The Kier molecular flexibility index (Phi) is 4.41. The molecule has 2 aliphatic carbocycles. The molecule has 3 rings (SSSR count). The monoisotopic (exact) mass is 292 g/mol. The summed E-state index contributed by atoms with van der Waals surface area (Å²) in [5, 5.41) is 3.11. The normalized spacial score (nSPS) is 26.1. The van der Waals surface area contributed by atoms with Gasteiger partial charge >= 0.3 is 0 Å². The molecule has 0 bridgehead atoms. The maximum Gasteiger partial charge on any atom is 0.224 e. The van der Waals surface area contributed by atoms with Gasteiger partial charge in [-0.2, -0.15) is 0 Å². The number of fused-ring (bicyclic) bond motifs is 1. The summed E-state index contributed by atoms with van der Waals surface area (Å²) in [5.41, 5.74) is 7.65. The Morgan fingerprint density at radius 2 is 2.10 bits per heavy atom. The fourth-order valence-corrected chi connectivity index (χ4v) is 4.65. The standard InChI is InChI=1S/C16H24N2OS/c17-14-7-3-1-2-6-13(14)16(19)18-10-12-9-11-5-4-8-15(11)20-12/h9,13-14H,1-8,10,17H2,(H,18,19). The Balaban J connectivity index is 1.55. The topological polar surface area (TPSA) is 55.1 Å². The Morgan fingerprint density at radius 1 is 1.25 bits per heavy atom. The highest BCUT2D eigenvalue weighted by atomic mass is 32.1. The zero-order valence-corrected chi connectivity index (χ0v) is 12.8. The largest absolute Gasteiger partial charge is 0.351 e. The Labute approximate surface area is 124 Å². The lowest BCUT2D eigenvalue weighted by molar-refractivity contribution is -0.125. The molecule has 2 aliphatic rings. The molecule has 110 valence electrons. The van der Waals surface area contributed by atoms with Gasteiger partial charge in [0.05, 0.1) is 12.5 Å². The minimum Gasteiger partial charge on any atom is -0.351 e. The van der Waals surface area contributed by atoms with Gasteiger partial charge in [0, 0.05) is 15.8 Å². The molecule has 0 aliphatic heterocycles. The highest BCUT2D eigenvalue weighted by molar-refractivity contribution is 7.12. The lowest BCUT2D eigenvalue weighted by Gasteiger charge is -2.20. The molecule has 1 amide bonds. The van der Waals surface area contributed by atoms with Crippen LogP contribution in [-0.4, -0.2) is 11.9 Å². The van der Waals surface area contributed by atoms with Gasteiger partial charge in [0.2, 0.25) is 5.91 Å². The lowest BCUT2D eigenvalue weighted by atomic mass is 9.94. The lowest BCUT2D eigenvalue weighted by Crippen LogP contribution is -2.40. The Morgan fingerprint density at radius 3 is 2.95 bits per heavy atom. The van der Waals surface area contributed by atoms with E-state index in [1.165, 1.54) is 47.4 Å². The van der Waals surface area contributed by atoms with Gasteiger partial charge in [-0.15, -0.1) is 11.3 Å². The predicted molar refractivity (Wildman–Crippen MR) is 82.7 cm³/mol. The van der Waals surface area contributed by atoms with Crippen molar-refractivity contribution in [1.29, 1.82) is 0 Å². The summed E-state index contributed by atoms with van der Waals surface area (Å²) in [4.78, 5) is 15.1. The predicted octanol–water partition coefficient (Wildman–Crippen LogP) is 2.76. The van der Waals surface area contributed by atoms with Crippen molar-refractivity contribution < 1.29 is 4.79 Å². The van der Waals surface area contributed by atoms with E-state index in [9.17, 15) is 4.79 Å². The van der Waals surface area contributed by atoms with Gasteiger partial charge in [-0.3, -0.25) is 4.79 Å². The molecule has 4 heteroatoms. The van der Waals surface area contributed by atoms with E-state index < -0.39 is 0 Å². The number of hydrogen-bond acceptors (Lipinski definition) is 3. The van der Waals surface area contributed by atoms with Crippen molar-refractivity contribution in [3.05, 3.63) is 21.4 Å². The summed E-state index contributed by atoms with van der Waals surface area (Å²) in [7, 11) is 0. The van der Waals surface area contributed by atoms with Crippen molar-refractivity contribution in [3.8, 4) is 0 Å². The number of rotatable bonds is 3. The molecule has 1 heterocycles. The Bertz CT molecular complexity index is 461. The van der Waals surface area contributed by atoms with E-state index in [-0.39, 0.29) is 17.9 Å². The van der Waals surface area contributed by atoms with Crippen LogP contribution in [0.3, 0.4) is 0 Å². The van der Waals surface area contributed by atoms with Gasteiger partial charge in [0.1, 0.15) is 0 Å². The molecule has 20 heavy (non-hydrogen) atoms. The SMILES string of the molecule is NC1CCCCCC1C(=O)NCc1cc2c(s1)CCC2. The van der Waals surface area contributed by atoms with E-state index in [1.807, 2.05) is 11.3 Å². The molecule has 0 spiro atoms. The third-order valence-electron chi connectivity index (χ3n) is 4.64. The first-order valence-corrected chi connectivity index (χ1v) is 8.69. The second-order valence-corrected chi connectivity index (χ2v) is 7.36. The minimum atomic E-state index is 0.0179. The highest BCUT2D eigenvalue weighted by Gasteiger charge is 2.27. The van der Waals surface area contributed by atoms with Gasteiger partial charge in [0.15, 0.2) is 0 Å². The number of carbonyl (C=O) groups excluding carboxylic acids is 1. The van der Waals surface area contributed by atoms with Crippen molar-refractivity contribution in [2.45, 2.75) is 64.0 Å². The maximum absolute atomic E-state index is 12.3. The fraction of sp³-hybridized carbons (Fsp3) is 0.688.